The van der Waals surface area contributed by atoms with Crippen molar-refractivity contribution in [2.75, 3.05) is 7.11 Å². The van der Waals surface area contributed by atoms with E-state index in [0.717, 1.165) is 13.2 Å². The first kappa shape index (κ1) is 15.1. The molecule has 104 valence electrons. The summed E-state index contributed by atoms with van der Waals surface area (Å²) in [5.41, 5.74) is 0.0746. The summed E-state index contributed by atoms with van der Waals surface area (Å²) in [7, 11) is 1.08. The summed E-state index contributed by atoms with van der Waals surface area (Å²) in [6.07, 6.45) is 3.95. The Morgan fingerprint density at radius 2 is 1.90 bits per heavy atom. The number of ether oxygens (including phenoxy) is 1. The molecule has 1 N–H and O–H groups in total. The number of aliphatic carboxylic acids is 1. The van der Waals surface area contributed by atoms with Gasteiger partial charge in [-0.05, 0) is 23.8 Å². The van der Waals surface area contributed by atoms with Crippen molar-refractivity contribution in [1.82, 2.24) is 0 Å². The van der Waals surface area contributed by atoms with Crippen LogP contribution in [0.2, 0.25) is 0 Å². The molecule has 0 saturated heterocycles. The molecule has 0 radical (unpaired) electrons. The number of nitro benzene ring substituents is 1. The van der Waals surface area contributed by atoms with Gasteiger partial charge in [-0.25, -0.2) is 9.59 Å². The van der Waals surface area contributed by atoms with Crippen LogP contribution in [-0.2, 0) is 14.3 Å². The SMILES string of the molecule is COC(=O)/C(=C/C=C/c1ccc([N+](=O)[O-])cc1)C(=O)O. The Morgan fingerprint density at radius 3 is 2.35 bits per heavy atom. The third kappa shape index (κ3) is 4.05. The Hall–Kier alpha value is -2.96. The number of carbonyl (C=O) groups is 2. The Kier molecular flexibility index (Phi) is 5.16. The lowest BCUT2D eigenvalue weighted by atomic mass is 10.1. The second-order valence-corrected chi connectivity index (χ2v) is 3.58. The van der Waals surface area contributed by atoms with Crippen LogP contribution in [0.5, 0.6) is 0 Å². The van der Waals surface area contributed by atoms with Gasteiger partial charge in [0, 0.05) is 12.1 Å². The summed E-state index contributed by atoms with van der Waals surface area (Å²) >= 11 is 0. The number of allylic oxidation sites excluding steroid dienone is 2. The third-order valence-electron chi connectivity index (χ3n) is 2.29. The fraction of sp³-hybridized carbons (Fsp3) is 0.0769. The summed E-state index contributed by atoms with van der Waals surface area (Å²) in [5.74, 6) is -2.35. The van der Waals surface area contributed by atoms with E-state index in [1.165, 1.54) is 36.4 Å². The Labute approximate surface area is 113 Å². The molecule has 1 aromatic carbocycles. The van der Waals surface area contributed by atoms with Crippen molar-refractivity contribution in [3.63, 3.8) is 0 Å². The number of esters is 1. The van der Waals surface area contributed by atoms with Gasteiger partial charge in [0.15, 0.2) is 0 Å². The average Bonchev–Trinajstić information content (AvgIpc) is 2.43. The van der Waals surface area contributed by atoms with Crippen molar-refractivity contribution in [3.8, 4) is 0 Å². The Bertz CT molecular complexity index is 585. The second-order valence-electron chi connectivity index (χ2n) is 3.58. The molecule has 1 rings (SSSR count). The zero-order valence-electron chi connectivity index (χ0n) is 10.5. The van der Waals surface area contributed by atoms with Gasteiger partial charge in [0.2, 0.25) is 0 Å². The molecule has 0 aliphatic rings. The molecule has 0 saturated carbocycles. The number of carbonyl (C=O) groups excluding carboxylic acids is 1. The monoisotopic (exact) mass is 277 g/mol. The maximum Gasteiger partial charge on any atom is 0.345 e. The molecule has 0 heterocycles. The largest absolute Gasteiger partial charge is 0.477 e. The van der Waals surface area contributed by atoms with Gasteiger partial charge in [-0.2, -0.15) is 0 Å². The molecule has 0 atom stereocenters. The number of hydrogen-bond acceptors (Lipinski definition) is 5. The molecular weight excluding hydrogens is 266 g/mol. The van der Waals surface area contributed by atoms with Gasteiger partial charge in [0.25, 0.3) is 5.69 Å². The predicted octanol–water partition coefficient (Wildman–Crippen LogP) is 1.79. The van der Waals surface area contributed by atoms with Crippen LogP contribution >= 0.6 is 0 Å². The predicted molar refractivity (Wildman–Crippen MR) is 69.9 cm³/mol. The van der Waals surface area contributed by atoms with Crippen molar-refractivity contribution in [3.05, 3.63) is 57.7 Å². The van der Waals surface area contributed by atoms with E-state index < -0.39 is 22.4 Å². The summed E-state index contributed by atoms with van der Waals surface area (Å²) in [6.45, 7) is 0. The highest BCUT2D eigenvalue weighted by atomic mass is 16.6. The number of nitrogens with zero attached hydrogens (tertiary/aromatic N) is 1. The molecule has 20 heavy (non-hydrogen) atoms. The normalized spacial score (nSPS) is 11.3. The third-order valence-corrected chi connectivity index (χ3v) is 2.29. The minimum Gasteiger partial charge on any atom is -0.477 e. The molecule has 1 aromatic rings. The molecule has 0 aromatic heterocycles. The highest BCUT2D eigenvalue weighted by Crippen LogP contribution is 2.13. The summed E-state index contributed by atoms with van der Waals surface area (Å²) < 4.78 is 4.32. The van der Waals surface area contributed by atoms with Crippen molar-refractivity contribution >= 4 is 23.7 Å². The van der Waals surface area contributed by atoms with Crippen molar-refractivity contribution in [1.29, 1.82) is 0 Å². The van der Waals surface area contributed by atoms with Gasteiger partial charge >= 0.3 is 11.9 Å². The molecule has 0 aliphatic carbocycles. The number of carboxylic acid groups (broad SMARTS) is 1. The smallest absolute Gasteiger partial charge is 0.345 e. The van der Waals surface area contributed by atoms with Crippen LogP contribution in [0.15, 0.2) is 42.0 Å². The molecule has 0 fully saturated rings. The van der Waals surface area contributed by atoms with Crippen LogP contribution in [0.4, 0.5) is 5.69 Å². The van der Waals surface area contributed by atoms with Crippen LogP contribution in [0.25, 0.3) is 6.08 Å². The van der Waals surface area contributed by atoms with Crippen LogP contribution in [-0.4, -0.2) is 29.1 Å². The van der Waals surface area contributed by atoms with Crippen LogP contribution in [0.1, 0.15) is 5.56 Å². The fourth-order valence-electron chi connectivity index (χ4n) is 1.30. The number of rotatable bonds is 5. The summed E-state index contributed by atoms with van der Waals surface area (Å²) in [4.78, 5) is 31.9. The molecule has 7 nitrogen and oxygen atoms in total. The number of nitro groups is 1. The van der Waals surface area contributed by atoms with Crippen LogP contribution in [0, 0.1) is 10.1 Å². The van der Waals surface area contributed by atoms with Crippen LogP contribution < -0.4 is 0 Å². The molecule has 0 spiro atoms. The van der Waals surface area contributed by atoms with E-state index in [4.69, 9.17) is 5.11 Å². The maximum atomic E-state index is 11.1. The quantitative estimate of drug-likeness (QED) is 0.167. The van der Waals surface area contributed by atoms with Gasteiger partial charge < -0.3 is 9.84 Å². The highest BCUT2D eigenvalue weighted by molar-refractivity contribution is 6.13. The fourth-order valence-corrected chi connectivity index (χ4v) is 1.30. The maximum absolute atomic E-state index is 11.1. The second kappa shape index (κ2) is 6.83. The zero-order chi connectivity index (χ0) is 15.1. The lowest BCUT2D eigenvalue weighted by Crippen LogP contribution is -2.13. The molecule has 0 bridgehead atoms. The average molecular weight is 277 g/mol. The van der Waals surface area contributed by atoms with Gasteiger partial charge in [0.1, 0.15) is 5.57 Å². The van der Waals surface area contributed by atoms with Crippen molar-refractivity contribution < 1.29 is 24.4 Å². The molecular formula is C13H11NO6. The zero-order valence-corrected chi connectivity index (χ0v) is 10.5. The lowest BCUT2D eigenvalue weighted by molar-refractivity contribution is -0.384. The molecule has 0 amide bonds. The minimum atomic E-state index is -1.40. The Morgan fingerprint density at radius 1 is 1.30 bits per heavy atom. The van der Waals surface area contributed by atoms with E-state index in [-0.39, 0.29) is 5.69 Å². The molecule has 0 aliphatic heterocycles. The number of hydrogen-bond donors (Lipinski definition) is 1. The number of non-ortho nitro benzene ring substituents is 1. The topological polar surface area (TPSA) is 107 Å². The summed E-state index contributed by atoms with van der Waals surface area (Å²) in [6, 6.07) is 5.64. The minimum absolute atomic E-state index is 0.0431. The van der Waals surface area contributed by atoms with Crippen molar-refractivity contribution in [2.24, 2.45) is 0 Å². The van der Waals surface area contributed by atoms with Gasteiger partial charge in [-0.15, -0.1) is 0 Å². The highest BCUT2D eigenvalue weighted by Gasteiger charge is 2.16. The first-order valence-electron chi connectivity index (χ1n) is 5.40. The van der Waals surface area contributed by atoms with E-state index in [2.05, 4.69) is 4.74 Å². The van der Waals surface area contributed by atoms with E-state index in [1.54, 1.807) is 0 Å². The van der Waals surface area contributed by atoms with Crippen LogP contribution in [0.3, 0.4) is 0 Å². The Balaban J connectivity index is 2.88. The van der Waals surface area contributed by atoms with E-state index in [0.29, 0.717) is 5.56 Å². The lowest BCUT2D eigenvalue weighted by Gasteiger charge is -1.97. The van der Waals surface area contributed by atoms with E-state index in [1.807, 2.05) is 0 Å². The van der Waals surface area contributed by atoms with E-state index >= 15 is 0 Å². The number of methoxy groups -OCH3 is 1. The molecule has 0 unspecified atom stereocenters. The van der Waals surface area contributed by atoms with Gasteiger partial charge in [-0.1, -0.05) is 12.2 Å². The van der Waals surface area contributed by atoms with Crippen molar-refractivity contribution in [2.45, 2.75) is 0 Å². The number of carboxylic acids is 1. The summed E-state index contributed by atoms with van der Waals surface area (Å²) in [5, 5.41) is 19.3. The molecule has 7 heteroatoms. The first-order valence-corrected chi connectivity index (χ1v) is 5.40. The van der Waals surface area contributed by atoms with Gasteiger partial charge in [0.05, 0.1) is 12.0 Å². The van der Waals surface area contributed by atoms with E-state index in [9.17, 15) is 19.7 Å². The standard InChI is InChI=1S/C13H11NO6/c1-20-13(17)11(12(15)16)4-2-3-9-5-7-10(8-6-9)14(18)19/h2-8H,1H3,(H,15,16)/b3-2+,11-4+. The first-order chi connectivity index (χ1) is 9.45. The number of benzene rings is 1. The van der Waals surface area contributed by atoms with Gasteiger partial charge in [-0.3, -0.25) is 10.1 Å².